The van der Waals surface area contributed by atoms with Crippen molar-refractivity contribution >= 4 is 29.0 Å². The molecule has 0 aliphatic heterocycles. The standard InChI is InChI=1S/C23H44Cl2O/c1-8-12-17-23(25,21(24)14-9-2)22(18(5)6,19(7)26)16-13-15-20(10-3)11-4/h18,20-21H,8-17H2,1-7H3. The van der Waals surface area contributed by atoms with E-state index >= 15 is 0 Å². The number of hydrogen-bond acceptors (Lipinski definition) is 1. The SMILES string of the molecule is CCCCC(Cl)(C(Cl)CCC)C(CCCC(CC)CC)(C(C)=O)C(C)C. The smallest absolute Gasteiger partial charge is 0.138 e. The van der Waals surface area contributed by atoms with Crippen molar-refractivity contribution in [2.24, 2.45) is 17.3 Å². The van der Waals surface area contributed by atoms with Gasteiger partial charge in [0.05, 0.1) is 15.7 Å². The zero-order valence-corrected chi connectivity index (χ0v) is 20.0. The lowest BCUT2D eigenvalue weighted by molar-refractivity contribution is -0.133. The molecule has 0 saturated carbocycles. The third-order valence-corrected chi connectivity index (χ3v) is 8.12. The van der Waals surface area contributed by atoms with Crippen LogP contribution in [0.1, 0.15) is 113 Å². The predicted molar refractivity (Wildman–Crippen MR) is 119 cm³/mol. The fraction of sp³-hybridized carbons (Fsp3) is 0.957. The minimum absolute atomic E-state index is 0.167. The molecule has 3 unspecified atom stereocenters. The van der Waals surface area contributed by atoms with Gasteiger partial charge < -0.3 is 0 Å². The second kappa shape index (κ2) is 12.7. The monoisotopic (exact) mass is 406 g/mol. The first-order valence-electron chi connectivity index (χ1n) is 11.0. The summed E-state index contributed by atoms with van der Waals surface area (Å²) in [5, 5.41) is -0.167. The molecule has 0 aliphatic rings. The Morgan fingerprint density at radius 1 is 0.923 bits per heavy atom. The summed E-state index contributed by atoms with van der Waals surface area (Å²) in [7, 11) is 0. The third-order valence-electron chi connectivity index (χ3n) is 6.63. The molecule has 0 aromatic heterocycles. The summed E-state index contributed by atoms with van der Waals surface area (Å²) in [4.78, 5) is 12.4. The zero-order valence-electron chi connectivity index (χ0n) is 18.5. The molecule has 0 aliphatic carbocycles. The Labute approximate surface area is 174 Å². The van der Waals surface area contributed by atoms with Crippen LogP contribution in [0.3, 0.4) is 0 Å². The molecule has 156 valence electrons. The van der Waals surface area contributed by atoms with Crippen molar-refractivity contribution < 1.29 is 4.79 Å². The molecule has 0 heterocycles. The summed E-state index contributed by atoms with van der Waals surface area (Å²) >= 11 is 14.3. The van der Waals surface area contributed by atoms with Gasteiger partial charge in [0, 0.05) is 0 Å². The molecule has 1 nitrogen and oxygen atoms in total. The summed E-state index contributed by atoms with van der Waals surface area (Å²) < 4.78 is 0. The van der Waals surface area contributed by atoms with Crippen molar-refractivity contribution in [2.75, 3.05) is 0 Å². The van der Waals surface area contributed by atoms with Crippen molar-refractivity contribution in [3.63, 3.8) is 0 Å². The van der Waals surface area contributed by atoms with Gasteiger partial charge in [-0.1, -0.05) is 86.5 Å². The van der Waals surface area contributed by atoms with Crippen LogP contribution < -0.4 is 0 Å². The van der Waals surface area contributed by atoms with Gasteiger partial charge in [0.1, 0.15) is 5.78 Å². The molecule has 26 heavy (non-hydrogen) atoms. The summed E-state index contributed by atoms with van der Waals surface area (Å²) in [5.41, 5.74) is -0.544. The van der Waals surface area contributed by atoms with Crippen molar-refractivity contribution in [2.45, 2.75) is 123 Å². The predicted octanol–water partition coefficient (Wildman–Crippen LogP) is 8.40. The van der Waals surface area contributed by atoms with Crippen LogP contribution in [0.25, 0.3) is 0 Å². The maximum atomic E-state index is 13.1. The minimum Gasteiger partial charge on any atom is -0.299 e. The molecule has 0 amide bonds. The van der Waals surface area contributed by atoms with Gasteiger partial charge in [-0.25, -0.2) is 0 Å². The number of alkyl halides is 2. The Balaban J connectivity index is 5.85. The molecule has 0 fully saturated rings. The zero-order chi connectivity index (χ0) is 20.4. The van der Waals surface area contributed by atoms with Gasteiger partial charge in [0.2, 0.25) is 0 Å². The van der Waals surface area contributed by atoms with Crippen molar-refractivity contribution in [1.82, 2.24) is 0 Å². The molecule has 0 aromatic rings. The third kappa shape index (κ3) is 6.13. The van der Waals surface area contributed by atoms with Gasteiger partial charge in [-0.05, 0) is 38.0 Å². The summed E-state index contributed by atoms with van der Waals surface area (Å²) in [6.45, 7) is 14.9. The first kappa shape index (κ1) is 26.2. The highest BCUT2D eigenvalue weighted by molar-refractivity contribution is 6.34. The highest BCUT2D eigenvalue weighted by atomic mass is 35.5. The molecular weight excluding hydrogens is 363 g/mol. The van der Waals surface area contributed by atoms with E-state index in [0.717, 1.165) is 50.9 Å². The van der Waals surface area contributed by atoms with Crippen molar-refractivity contribution in [1.29, 1.82) is 0 Å². The molecule has 0 radical (unpaired) electrons. The van der Waals surface area contributed by atoms with Crippen LogP contribution in [-0.2, 0) is 4.79 Å². The summed E-state index contributed by atoms with van der Waals surface area (Å²) in [5.74, 6) is 1.16. The lowest BCUT2D eigenvalue weighted by Gasteiger charge is -2.51. The Morgan fingerprint density at radius 3 is 1.88 bits per heavy atom. The molecule has 0 N–H and O–H groups in total. The lowest BCUT2D eigenvalue weighted by atomic mass is 9.59. The van der Waals surface area contributed by atoms with E-state index in [1.165, 1.54) is 19.3 Å². The van der Waals surface area contributed by atoms with E-state index in [1.54, 1.807) is 6.92 Å². The first-order valence-corrected chi connectivity index (χ1v) is 11.8. The highest BCUT2D eigenvalue weighted by Gasteiger charge is 2.57. The van der Waals surface area contributed by atoms with Gasteiger partial charge in [0.15, 0.2) is 0 Å². The van der Waals surface area contributed by atoms with Crippen LogP contribution in [0.15, 0.2) is 0 Å². The van der Waals surface area contributed by atoms with E-state index in [4.69, 9.17) is 23.2 Å². The number of carbonyl (C=O) groups excluding carboxylic acids is 1. The second-order valence-corrected chi connectivity index (χ2v) is 9.68. The first-order chi connectivity index (χ1) is 12.2. The average Bonchev–Trinajstić information content (AvgIpc) is 2.59. The molecule has 0 bridgehead atoms. The van der Waals surface area contributed by atoms with Gasteiger partial charge in [-0.15, -0.1) is 23.2 Å². The Kier molecular flexibility index (Phi) is 12.8. The number of unbranched alkanes of at least 4 members (excludes halogenated alkanes) is 1. The number of Topliss-reactive ketones (excluding diaryl/α,β-unsaturated/α-hetero) is 1. The van der Waals surface area contributed by atoms with Crippen LogP contribution in [0.5, 0.6) is 0 Å². The number of carbonyl (C=O) groups is 1. The fourth-order valence-corrected chi connectivity index (χ4v) is 6.00. The largest absolute Gasteiger partial charge is 0.299 e. The van der Waals surface area contributed by atoms with Crippen molar-refractivity contribution in [3.8, 4) is 0 Å². The topological polar surface area (TPSA) is 17.1 Å². The van der Waals surface area contributed by atoms with Crippen LogP contribution in [-0.4, -0.2) is 16.0 Å². The van der Waals surface area contributed by atoms with E-state index in [9.17, 15) is 4.79 Å². The molecule has 0 spiro atoms. The van der Waals surface area contributed by atoms with Gasteiger partial charge in [-0.3, -0.25) is 4.79 Å². The average molecular weight is 408 g/mol. The number of rotatable bonds is 15. The molecular formula is C23H44Cl2O. The minimum atomic E-state index is -0.658. The quantitative estimate of drug-likeness (QED) is 0.249. The number of ketones is 1. The Bertz CT molecular complexity index is 392. The van der Waals surface area contributed by atoms with Gasteiger partial charge in [-0.2, -0.15) is 0 Å². The van der Waals surface area contributed by atoms with Crippen molar-refractivity contribution in [3.05, 3.63) is 0 Å². The number of hydrogen-bond donors (Lipinski definition) is 0. The highest BCUT2D eigenvalue weighted by Crippen LogP contribution is 2.55. The van der Waals surface area contributed by atoms with Crippen LogP contribution in [0.2, 0.25) is 0 Å². The molecule has 0 aromatic carbocycles. The fourth-order valence-electron chi connectivity index (χ4n) is 4.79. The Morgan fingerprint density at radius 2 is 1.50 bits per heavy atom. The van der Waals surface area contributed by atoms with Gasteiger partial charge >= 0.3 is 0 Å². The van der Waals surface area contributed by atoms with E-state index in [-0.39, 0.29) is 17.1 Å². The van der Waals surface area contributed by atoms with E-state index < -0.39 is 10.3 Å². The van der Waals surface area contributed by atoms with Crippen LogP contribution in [0, 0.1) is 17.3 Å². The maximum Gasteiger partial charge on any atom is 0.138 e. The van der Waals surface area contributed by atoms with Crippen LogP contribution in [0.4, 0.5) is 0 Å². The molecule has 3 atom stereocenters. The summed E-state index contributed by atoms with van der Waals surface area (Å²) in [6.07, 6.45) is 10.3. The second-order valence-electron chi connectivity index (χ2n) is 8.48. The van der Waals surface area contributed by atoms with Crippen LogP contribution >= 0.6 is 23.2 Å². The molecule has 0 rings (SSSR count). The summed E-state index contributed by atoms with van der Waals surface area (Å²) in [6, 6.07) is 0. The number of halogens is 2. The molecule has 0 saturated heterocycles. The van der Waals surface area contributed by atoms with Gasteiger partial charge in [0.25, 0.3) is 0 Å². The normalized spacial score (nSPS) is 18.0. The van der Waals surface area contributed by atoms with E-state index in [0.29, 0.717) is 0 Å². The lowest BCUT2D eigenvalue weighted by Crippen LogP contribution is -2.57. The van der Waals surface area contributed by atoms with E-state index in [2.05, 4.69) is 41.5 Å². The van der Waals surface area contributed by atoms with E-state index in [1.807, 2.05) is 0 Å². The maximum absolute atomic E-state index is 13.1. The Hall–Kier alpha value is 0.250. The molecule has 3 heteroatoms.